The van der Waals surface area contributed by atoms with E-state index in [4.69, 9.17) is 23.2 Å². The zero-order valence-electron chi connectivity index (χ0n) is 19.3. The second-order valence-electron chi connectivity index (χ2n) is 7.74. The van der Waals surface area contributed by atoms with E-state index in [1.165, 1.54) is 23.9 Å². The lowest BCUT2D eigenvalue weighted by molar-refractivity contribution is -0.384. The number of unbranched alkanes of at least 4 members (excludes halogenated alkanes) is 1. The van der Waals surface area contributed by atoms with Crippen LogP contribution >= 0.6 is 35.0 Å². The molecule has 0 aliphatic rings. The summed E-state index contributed by atoms with van der Waals surface area (Å²) in [5, 5.41) is 14.7. The Hall–Kier alpha value is -2.29. The Morgan fingerprint density at radius 3 is 2.44 bits per heavy atom. The van der Waals surface area contributed by atoms with Crippen LogP contribution in [0.4, 0.5) is 5.69 Å². The Balaban J connectivity index is 2.13. The van der Waals surface area contributed by atoms with Crippen LogP contribution in [-0.2, 0) is 21.9 Å². The predicted molar refractivity (Wildman–Crippen MR) is 138 cm³/mol. The van der Waals surface area contributed by atoms with Gasteiger partial charge in [0, 0.05) is 41.0 Å². The highest BCUT2D eigenvalue weighted by molar-refractivity contribution is 7.99. The highest BCUT2D eigenvalue weighted by Gasteiger charge is 2.28. The van der Waals surface area contributed by atoms with Crippen molar-refractivity contribution in [3.05, 3.63) is 73.8 Å². The molecule has 184 valence electrons. The van der Waals surface area contributed by atoms with Crippen molar-refractivity contribution >= 4 is 52.5 Å². The topological polar surface area (TPSA) is 92.6 Å². The first-order valence-corrected chi connectivity index (χ1v) is 13.0. The monoisotopic (exact) mass is 525 g/mol. The summed E-state index contributed by atoms with van der Waals surface area (Å²) in [4.78, 5) is 38.1. The Morgan fingerprint density at radius 2 is 1.85 bits per heavy atom. The van der Waals surface area contributed by atoms with Crippen molar-refractivity contribution in [1.29, 1.82) is 0 Å². The number of rotatable bonds is 13. The third-order valence-corrected chi connectivity index (χ3v) is 6.79. The number of nitro groups is 1. The number of thioether (sulfide) groups is 1. The van der Waals surface area contributed by atoms with Crippen LogP contribution < -0.4 is 5.32 Å². The van der Waals surface area contributed by atoms with E-state index < -0.39 is 11.0 Å². The van der Waals surface area contributed by atoms with E-state index in [2.05, 4.69) is 5.32 Å². The first-order valence-electron chi connectivity index (χ1n) is 11.1. The van der Waals surface area contributed by atoms with Gasteiger partial charge in [-0.2, -0.15) is 0 Å². The molecule has 0 saturated heterocycles. The average molecular weight is 526 g/mol. The van der Waals surface area contributed by atoms with E-state index in [0.29, 0.717) is 34.3 Å². The van der Waals surface area contributed by atoms with Gasteiger partial charge in [-0.3, -0.25) is 19.7 Å². The Morgan fingerprint density at radius 1 is 1.15 bits per heavy atom. The molecule has 2 aromatic carbocycles. The van der Waals surface area contributed by atoms with Crippen LogP contribution in [0, 0.1) is 10.1 Å². The Kier molecular flexibility index (Phi) is 11.7. The summed E-state index contributed by atoms with van der Waals surface area (Å²) in [7, 11) is 0. The van der Waals surface area contributed by atoms with Crippen molar-refractivity contribution in [2.24, 2.45) is 0 Å². The van der Waals surface area contributed by atoms with E-state index in [-0.39, 0.29) is 29.8 Å². The maximum absolute atomic E-state index is 13.3. The van der Waals surface area contributed by atoms with Gasteiger partial charge in [0.05, 0.1) is 10.7 Å². The zero-order chi connectivity index (χ0) is 25.1. The summed E-state index contributed by atoms with van der Waals surface area (Å²) in [6.45, 7) is 4.67. The number of hydrogen-bond acceptors (Lipinski definition) is 5. The summed E-state index contributed by atoms with van der Waals surface area (Å²) < 4.78 is 0. The maximum atomic E-state index is 13.3. The van der Waals surface area contributed by atoms with Crippen molar-refractivity contribution < 1.29 is 14.5 Å². The molecule has 2 rings (SSSR count). The molecule has 0 radical (unpaired) electrons. The van der Waals surface area contributed by atoms with E-state index in [1.807, 2.05) is 13.8 Å². The molecule has 0 fully saturated rings. The van der Waals surface area contributed by atoms with Gasteiger partial charge in [-0.15, -0.1) is 11.8 Å². The predicted octanol–water partition coefficient (Wildman–Crippen LogP) is 5.86. The van der Waals surface area contributed by atoms with Crippen molar-refractivity contribution in [2.75, 3.05) is 12.3 Å². The van der Waals surface area contributed by atoms with Crippen LogP contribution in [-0.4, -0.2) is 40.0 Å². The standard InChI is InChI=1S/C24H29Cl2N3O4S/c1-3-5-12-27-24(31)22(4-2)28(14-18-8-9-19(25)13-21(18)26)23(30)16-34-15-17-6-10-20(11-7-17)29(32)33/h6-11,13,22H,3-5,12,14-16H2,1-2H3,(H,27,31)/t22-/m1/s1. The molecule has 7 nitrogen and oxygen atoms in total. The average Bonchev–Trinajstić information content (AvgIpc) is 2.80. The zero-order valence-corrected chi connectivity index (χ0v) is 21.6. The van der Waals surface area contributed by atoms with E-state index in [9.17, 15) is 19.7 Å². The summed E-state index contributed by atoms with van der Waals surface area (Å²) in [5.74, 6) is 0.296. The molecule has 1 atom stereocenters. The molecule has 34 heavy (non-hydrogen) atoms. The number of non-ortho nitro benzene ring substituents is 1. The number of amides is 2. The summed E-state index contributed by atoms with van der Waals surface area (Å²) in [6, 6.07) is 10.7. The maximum Gasteiger partial charge on any atom is 0.269 e. The smallest absolute Gasteiger partial charge is 0.269 e. The molecular weight excluding hydrogens is 497 g/mol. The fourth-order valence-electron chi connectivity index (χ4n) is 3.31. The van der Waals surface area contributed by atoms with Crippen LogP contribution in [0.25, 0.3) is 0 Å². The van der Waals surface area contributed by atoms with E-state index in [0.717, 1.165) is 18.4 Å². The third kappa shape index (κ3) is 8.49. The first-order chi connectivity index (χ1) is 16.3. The van der Waals surface area contributed by atoms with Gasteiger partial charge in [-0.25, -0.2) is 0 Å². The van der Waals surface area contributed by atoms with Crippen molar-refractivity contribution in [2.45, 2.75) is 51.4 Å². The minimum atomic E-state index is -0.629. The highest BCUT2D eigenvalue weighted by Crippen LogP contribution is 2.25. The van der Waals surface area contributed by atoms with Gasteiger partial charge < -0.3 is 10.2 Å². The Bertz CT molecular complexity index is 989. The lowest BCUT2D eigenvalue weighted by Gasteiger charge is -2.31. The van der Waals surface area contributed by atoms with Gasteiger partial charge in [0.1, 0.15) is 6.04 Å². The number of hydrogen-bond donors (Lipinski definition) is 1. The lowest BCUT2D eigenvalue weighted by atomic mass is 10.1. The van der Waals surface area contributed by atoms with Crippen molar-refractivity contribution in [3.8, 4) is 0 Å². The molecular formula is C24H29Cl2N3O4S. The minimum absolute atomic E-state index is 0.0238. The number of carbonyl (C=O) groups excluding carboxylic acids is 2. The second-order valence-corrected chi connectivity index (χ2v) is 9.57. The fourth-order valence-corrected chi connectivity index (χ4v) is 4.65. The molecule has 0 aromatic heterocycles. The normalized spacial score (nSPS) is 11.6. The van der Waals surface area contributed by atoms with Crippen LogP contribution in [0.3, 0.4) is 0 Å². The van der Waals surface area contributed by atoms with Gasteiger partial charge in [0.2, 0.25) is 11.8 Å². The van der Waals surface area contributed by atoms with Crippen LogP contribution in [0.1, 0.15) is 44.2 Å². The minimum Gasteiger partial charge on any atom is -0.354 e. The van der Waals surface area contributed by atoms with Crippen LogP contribution in [0.5, 0.6) is 0 Å². The second kappa shape index (κ2) is 14.2. The molecule has 0 aliphatic carbocycles. The largest absolute Gasteiger partial charge is 0.354 e. The third-order valence-electron chi connectivity index (χ3n) is 5.21. The van der Waals surface area contributed by atoms with Crippen LogP contribution in [0.2, 0.25) is 10.0 Å². The molecule has 2 aromatic rings. The first kappa shape index (κ1) is 28.0. The molecule has 0 unspecified atom stereocenters. The number of nitrogens with one attached hydrogen (secondary N) is 1. The molecule has 0 bridgehead atoms. The van der Waals surface area contributed by atoms with E-state index in [1.54, 1.807) is 35.2 Å². The number of carbonyl (C=O) groups is 2. The molecule has 0 aliphatic heterocycles. The number of nitrogens with zero attached hydrogens (tertiary/aromatic N) is 2. The highest BCUT2D eigenvalue weighted by atomic mass is 35.5. The summed E-state index contributed by atoms with van der Waals surface area (Å²) in [6.07, 6.45) is 2.28. The molecule has 0 spiro atoms. The Labute approximate surface area is 214 Å². The van der Waals surface area contributed by atoms with Gasteiger partial charge in [-0.1, -0.05) is 61.7 Å². The summed E-state index contributed by atoms with van der Waals surface area (Å²) in [5.41, 5.74) is 1.61. The molecule has 0 heterocycles. The number of halogens is 2. The van der Waals surface area contributed by atoms with Gasteiger partial charge >= 0.3 is 0 Å². The molecule has 0 saturated carbocycles. The lowest BCUT2D eigenvalue weighted by Crippen LogP contribution is -2.49. The van der Waals surface area contributed by atoms with Crippen molar-refractivity contribution in [1.82, 2.24) is 10.2 Å². The van der Waals surface area contributed by atoms with Crippen molar-refractivity contribution in [3.63, 3.8) is 0 Å². The molecule has 1 N–H and O–H groups in total. The van der Waals surface area contributed by atoms with Gasteiger partial charge in [0.15, 0.2) is 0 Å². The van der Waals surface area contributed by atoms with Crippen LogP contribution in [0.15, 0.2) is 42.5 Å². The fraction of sp³-hybridized carbons (Fsp3) is 0.417. The van der Waals surface area contributed by atoms with Gasteiger partial charge in [0.25, 0.3) is 5.69 Å². The quantitative estimate of drug-likeness (QED) is 0.201. The molecule has 2 amide bonds. The number of nitro benzene ring substituents is 1. The number of benzene rings is 2. The van der Waals surface area contributed by atoms with E-state index >= 15 is 0 Å². The summed E-state index contributed by atoms with van der Waals surface area (Å²) >= 11 is 13.8. The molecule has 10 heteroatoms. The van der Waals surface area contributed by atoms with Gasteiger partial charge in [-0.05, 0) is 36.1 Å². The SMILES string of the molecule is CCCCNC(=O)[C@@H](CC)N(Cc1ccc(Cl)cc1Cl)C(=O)CSCc1ccc([N+](=O)[O-])cc1.